The molecule has 1 atom stereocenters. The molecular formula is C12H17N. The molecule has 0 amide bonds. The highest BCUT2D eigenvalue weighted by molar-refractivity contribution is 5.40. The van der Waals surface area contributed by atoms with Gasteiger partial charge in [0.2, 0.25) is 0 Å². The summed E-state index contributed by atoms with van der Waals surface area (Å²) in [6.45, 7) is 2.26. The third-order valence-corrected chi connectivity index (χ3v) is 2.79. The highest BCUT2D eigenvalue weighted by Crippen LogP contribution is 2.29. The van der Waals surface area contributed by atoms with Crippen LogP contribution in [-0.4, -0.2) is 4.57 Å². The van der Waals surface area contributed by atoms with E-state index < -0.39 is 0 Å². The van der Waals surface area contributed by atoms with Crippen molar-refractivity contribution in [3.63, 3.8) is 0 Å². The second-order valence-electron chi connectivity index (χ2n) is 3.78. The average Bonchev–Trinajstić information content (AvgIpc) is 2.68. The highest BCUT2D eigenvalue weighted by atomic mass is 15.0. The first-order valence-electron chi connectivity index (χ1n) is 5.27. The number of rotatable bonds is 4. The maximum Gasteiger partial charge on any atom is 0.0290 e. The van der Waals surface area contributed by atoms with Gasteiger partial charge in [-0.1, -0.05) is 32.3 Å². The molecule has 0 radical (unpaired) electrons. The van der Waals surface area contributed by atoms with Crippen molar-refractivity contribution >= 4 is 6.20 Å². The molecule has 2 rings (SSSR count). The molecule has 2 heterocycles. The summed E-state index contributed by atoms with van der Waals surface area (Å²) in [7, 11) is 0. The highest BCUT2D eigenvalue weighted by Gasteiger charge is 2.15. The molecule has 1 unspecified atom stereocenters. The number of allylic oxidation sites excluding steroid dienone is 1. The van der Waals surface area contributed by atoms with Crippen LogP contribution in [0.2, 0.25) is 0 Å². The number of hydrogen-bond donors (Lipinski definition) is 0. The number of nitrogens with zero attached hydrogens (tertiary/aromatic N) is 1. The lowest BCUT2D eigenvalue weighted by Crippen LogP contribution is -1.94. The van der Waals surface area contributed by atoms with Crippen molar-refractivity contribution in [1.82, 2.24) is 4.57 Å². The van der Waals surface area contributed by atoms with Gasteiger partial charge in [0.05, 0.1) is 0 Å². The zero-order valence-electron chi connectivity index (χ0n) is 8.24. The van der Waals surface area contributed by atoms with Gasteiger partial charge in [-0.3, -0.25) is 0 Å². The normalized spacial score (nSPS) is 19.3. The molecule has 0 saturated carbocycles. The first kappa shape index (κ1) is 8.61. The van der Waals surface area contributed by atoms with Gasteiger partial charge in [-0.05, 0) is 18.6 Å². The Morgan fingerprint density at radius 3 is 3.15 bits per heavy atom. The Balaban J connectivity index is 1.93. The van der Waals surface area contributed by atoms with Crippen LogP contribution in [0.15, 0.2) is 24.4 Å². The molecule has 1 heteroatoms. The summed E-state index contributed by atoms with van der Waals surface area (Å²) in [6.07, 6.45) is 12.0. The van der Waals surface area contributed by atoms with Crippen molar-refractivity contribution < 1.29 is 0 Å². The molecule has 13 heavy (non-hydrogen) atoms. The van der Waals surface area contributed by atoms with Gasteiger partial charge in [0, 0.05) is 24.0 Å². The summed E-state index contributed by atoms with van der Waals surface area (Å²) in [5.74, 6) is 0.682. The molecule has 0 aromatic carbocycles. The topological polar surface area (TPSA) is 4.93 Å². The predicted molar refractivity (Wildman–Crippen MR) is 56.6 cm³/mol. The van der Waals surface area contributed by atoms with Gasteiger partial charge in [-0.15, -0.1) is 0 Å². The first-order chi connectivity index (χ1) is 6.42. The van der Waals surface area contributed by atoms with E-state index >= 15 is 0 Å². The van der Waals surface area contributed by atoms with Crippen LogP contribution in [0.4, 0.5) is 0 Å². The molecule has 0 aliphatic carbocycles. The summed E-state index contributed by atoms with van der Waals surface area (Å²) in [4.78, 5) is 0. The smallest absolute Gasteiger partial charge is 0.0290 e. The molecule has 1 aromatic heterocycles. The van der Waals surface area contributed by atoms with E-state index in [1.165, 1.54) is 31.4 Å². The minimum absolute atomic E-state index is 0.682. The predicted octanol–water partition coefficient (Wildman–Crippen LogP) is 3.64. The lowest BCUT2D eigenvalue weighted by molar-refractivity contribution is 0.626. The van der Waals surface area contributed by atoms with Crippen LogP contribution in [0.25, 0.3) is 6.20 Å². The zero-order chi connectivity index (χ0) is 9.10. The second-order valence-corrected chi connectivity index (χ2v) is 3.78. The van der Waals surface area contributed by atoms with Gasteiger partial charge in [0.1, 0.15) is 0 Å². The van der Waals surface area contributed by atoms with Crippen molar-refractivity contribution in [1.29, 1.82) is 0 Å². The van der Waals surface area contributed by atoms with Crippen LogP contribution in [-0.2, 0) is 0 Å². The van der Waals surface area contributed by atoms with Crippen molar-refractivity contribution in [3.05, 3.63) is 30.1 Å². The Morgan fingerprint density at radius 2 is 2.31 bits per heavy atom. The standard InChI is InChI=1S/C12H17N/c1-2-3-4-6-11-8-10-13-9-5-7-12(11)13/h5,7-11H,2-4,6H2,1H3. The van der Waals surface area contributed by atoms with Crippen LogP contribution in [0, 0.1) is 0 Å². The Hall–Kier alpha value is -0.980. The van der Waals surface area contributed by atoms with Crippen LogP contribution >= 0.6 is 0 Å². The number of hydrogen-bond acceptors (Lipinski definition) is 0. The van der Waals surface area contributed by atoms with Crippen molar-refractivity contribution in [2.24, 2.45) is 0 Å². The minimum atomic E-state index is 0.682. The second kappa shape index (κ2) is 3.82. The van der Waals surface area contributed by atoms with E-state index in [1.807, 2.05) is 0 Å². The Bertz CT molecular complexity index is 296. The van der Waals surface area contributed by atoms with E-state index in [-0.39, 0.29) is 0 Å². The lowest BCUT2D eigenvalue weighted by atomic mass is 9.99. The van der Waals surface area contributed by atoms with Crippen molar-refractivity contribution in [2.45, 2.75) is 38.5 Å². The number of unbranched alkanes of at least 4 members (excludes halogenated alkanes) is 2. The molecule has 0 N–H and O–H groups in total. The largest absolute Gasteiger partial charge is 0.327 e. The van der Waals surface area contributed by atoms with Crippen LogP contribution < -0.4 is 0 Å². The van der Waals surface area contributed by atoms with E-state index in [4.69, 9.17) is 0 Å². The maximum atomic E-state index is 2.32. The summed E-state index contributed by atoms with van der Waals surface area (Å²) in [5, 5.41) is 0. The molecule has 1 nitrogen and oxygen atoms in total. The molecule has 70 valence electrons. The SMILES string of the molecule is CCCCCC1C=Cn2cccc21. The van der Waals surface area contributed by atoms with Crippen LogP contribution in [0.1, 0.15) is 44.2 Å². The third-order valence-electron chi connectivity index (χ3n) is 2.79. The van der Waals surface area contributed by atoms with Gasteiger partial charge in [-0.25, -0.2) is 0 Å². The molecule has 1 aliphatic rings. The molecule has 0 fully saturated rings. The van der Waals surface area contributed by atoms with E-state index in [9.17, 15) is 0 Å². The number of aromatic nitrogens is 1. The molecule has 1 aliphatic heterocycles. The fourth-order valence-electron chi connectivity index (χ4n) is 2.01. The van der Waals surface area contributed by atoms with Crippen molar-refractivity contribution in [2.75, 3.05) is 0 Å². The fraction of sp³-hybridized carbons (Fsp3) is 0.500. The molecule has 0 bridgehead atoms. The average molecular weight is 175 g/mol. The minimum Gasteiger partial charge on any atom is -0.327 e. The van der Waals surface area contributed by atoms with E-state index in [0.29, 0.717) is 5.92 Å². The van der Waals surface area contributed by atoms with Gasteiger partial charge >= 0.3 is 0 Å². The Morgan fingerprint density at radius 1 is 1.38 bits per heavy atom. The molecule has 0 spiro atoms. The van der Waals surface area contributed by atoms with Crippen LogP contribution in [0.5, 0.6) is 0 Å². The quantitative estimate of drug-likeness (QED) is 0.616. The molecular weight excluding hydrogens is 158 g/mol. The van der Waals surface area contributed by atoms with Gasteiger partial charge in [0.25, 0.3) is 0 Å². The van der Waals surface area contributed by atoms with E-state index in [0.717, 1.165) is 0 Å². The monoisotopic (exact) mass is 175 g/mol. The van der Waals surface area contributed by atoms with Gasteiger partial charge in [-0.2, -0.15) is 0 Å². The summed E-state index contributed by atoms with van der Waals surface area (Å²) in [6, 6.07) is 4.36. The maximum absolute atomic E-state index is 2.32. The number of fused-ring (bicyclic) bond motifs is 1. The first-order valence-corrected chi connectivity index (χ1v) is 5.27. The van der Waals surface area contributed by atoms with Crippen molar-refractivity contribution in [3.8, 4) is 0 Å². The van der Waals surface area contributed by atoms with Gasteiger partial charge < -0.3 is 4.57 Å². The lowest BCUT2D eigenvalue weighted by Gasteiger charge is -2.07. The zero-order valence-corrected chi connectivity index (χ0v) is 8.24. The Labute approximate surface area is 80.1 Å². The summed E-state index contributed by atoms with van der Waals surface area (Å²) >= 11 is 0. The Kier molecular flexibility index (Phi) is 2.53. The van der Waals surface area contributed by atoms with Gasteiger partial charge in [0.15, 0.2) is 0 Å². The summed E-state index contributed by atoms with van der Waals surface area (Å²) in [5.41, 5.74) is 1.47. The molecule has 1 aromatic rings. The molecule has 0 saturated heterocycles. The van der Waals surface area contributed by atoms with E-state index in [2.05, 4.69) is 42.1 Å². The van der Waals surface area contributed by atoms with E-state index in [1.54, 1.807) is 0 Å². The van der Waals surface area contributed by atoms with Crippen LogP contribution in [0.3, 0.4) is 0 Å². The third kappa shape index (κ3) is 1.69. The summed E-state index contributed by atoms with van der Waals surface area (Å²) < 4.78 is 2.23. The fourth-order valence-corrected chi connectivity index (χ4v) is 2.01.